The maximum absolute atomic E-state index is 9.00. The molecule has 1 heterocycles. The summed E-state index contributed by atoms with van der Waals surface area (Å²) in [5, 5.41) is 12.3. The number of fused-ring (bicyclic) bond motifs is 1. The van der Waals surface area contributed by atoms with Crippen LogP contribution in [-0.4, -0.2) is 38.2 Å². The van der Waals surface area contributed by atoms with E-state index >= 15 is 0 Å². The van der Waals surface area contributed by atoms with Crippen molar-refractivity contribution in [2.45, 2.75) is 13.1 Å². The molecule has 1 aliphatic rings. The summed E-state index contributed by atoms with van der Waals surface area (Å²) < 4.78 is 11.2. The van der Waals surface area contributed by atoms with E-state index in [-0.39, 0.29) is 24.0 Å². The first-order chi connectivity index (χ1) is 12.7. The van der Waals surface area contributed by atoms with Crippen LogP contribution < -0.4 is 14.8 Å². The van der Waals surface area contributed by atoms with Gasteiger partial charge in [-0.25, -0.2) is 0 Å². The van der Waals surface area contributed by atoms with Gasteiger partial charge in [0.15, 0.2) is 17.5 Å². The summed E-state index contributed by atoms with van der Waals surface area (Å²) in [7, 11) is 3.74. The highest BCUT2D eigenvalue weighted by molar-refractivity contribution is 14.0. The van der Waals surface area contributed by atoms with Gasteiger partial charge in [-0.2, -0.15) is 5.26 Å². The van der Waals surface area contributed by atoms with Crippen LogP contribution in [-0.2, 0) is 13.1 Å². The molecule has 0 aliphatic carbocycles. The van der Waals surface area contributed by atoms with Gasteiger partial charge in [-0.15, -0.1) is 24.0 Å². The molecule has 0 radical (unpaired) electrons. The Morgan fingerprint density at radius 2 is 1.93 bits per heavy atom. The minimum Gasteiger partial charge on any atom is -0.486 e. The Labute approximate surface area is 176 Å². The van der Waals surface area contributed by atoms with Crippen molar-refractivity contribution in [3.63, 3.8) is 0 Å². The van der Waals surface area contributed by atoms with Gasteiger partial charge >= 0.3 is 0 Å². The van der Waals surface area contributed by atoms with Gasteiger partial charge in [-0.05, 0) is 35.4 Å². The van der Waals surface area contributed by atoms with Crippen molar-refractivity contribution >= 4 is 29.9 Å². The summed E-state index contributed by atoms with van der Waals surface area (Å²) in [4.78, 5) is 6.38. The van der Waals surface area contributed by atoms with E-state index in [1.54, 1.807) is 13.1 Å². The molecule has 27 heavy (non-hydrogen) atoms. The van der Waals surface area contributed by atoms with Crippen molar-refractivity contribution in [1.82, 2.24) is 10.2 Å². The van der Waals surface area contributed by atoms with E-state index in [9.17, 15) is 0 Å². The van der Waals surface area contributed by atoms with Crippen molar-refractivity contribution in [2.75, 3.05) is 27.3 Å². The number of guanidine groups is 1. The summed E-state index contributed by atoms with van der Waals surface area (Å²) in [6.07, 6.45) is 0. The number of ether oxygens (including phenoxy) is 2. The van der Waals surface area contributed by atoms with Gasteiger partial charge in [-0.3, -0.25) is 4.99 Å². The minimum absolute atomic E-state index is 0. The highest BCUT2D eigenvalue weighted by Crippen LogP contribution is 2.31. The maximum Gasteiger partial charge on any atom is 0.193 e. The van der Waals surface area contributed by atoms with Crippen molar-refractivity contribution in [3.05, 3.63) is 59.2 Å². The molecule has 2 aromatic rings. The van der Waals surface area contributed by atoms with Gasteiger partial charge < -0.3 is 19.7 Å². The number of hydrogen-bond donors (Lipinski definition) is 1. The summed E-state index contributed by atoms with van der Waals surface area (Å²) in [5.41, 5.74) is 2.81. The van der Waals surface area contributed by atoms with Crippen LogP contribution in [0.1, 0.15) is 16.7 Å². The predicted octanol–water partition coefficient (Wildman–Crippen LogP) is 3.15. The Morgan fingerprint density at radius 1 is 1.15 bits per heavy atom. The molecular formula is C20H23IN4O2. The van der Waals surface area contributed by atoms with Crippen molar-refractivity contribution < 1.29 is 9.47 Å². The number of hydrogen-bond acceptors (Lipinski definition) is 4. The molecule has 142 valence electrons. The zero-order valence-corrected chi connectivity index (χ0v) is 17.8. The van der Waals surface area contributed by atoms with Gasteiger partial charge in [-0.1, -0.05) is 18.2 Å². The number of halogens is 1. The largest absolute Gasteiger partial charge is 0.486 e. The average Bonchev–Trinajstić information content (AvgIpc) is 2.68. The topological polar surface area (TPSA) is 69.9 Å². The Hall–Kier alpha value is -2.47. The van der Waals surface area contributed by atoms with Crippen molar-refractivity contribution in [2.24, 2.45) is 4.99 Å². The molecule has 0 aromatic heterocycles. The smallest absolute Gasteiger partial charge is 0.193 e. The molecular weight excluding hydrogens is 455 g/mol. The summed E-state index contributed by atoms with van der Waals surface area (Å²) in [6, 6.07) is 15.7. The van der Waals surface area contributed by atoms with Crippen molar-refractivity contribution in [1.29, 1.82) is 5.26 Å². The summed E-state index contributed by atoms with van der Waals surface area (Å²) in [5.74, 6) is 2.36. The van der Waals surface area contributed by atoms with Crippen LogP contribution >= 0.6 is 24.0 Å². The van der Waals surface area contributed by atoms with Gasteiger partial charge in [0.1, 0.15) is 13.2 Å². The Kier molecular flexibility index (Phi) is 7.73. The molecule has 2 aromatic carbocycles. The van der Waals surface area contributed by atoms with Gasteiger partial charge in [0, 0.05) is 27.2 Å². The molecule has 0 atom stereocenters. The molecule has 0 bridgehead atoms. The van der Waals surface area contributed by atoms with Crippen LogP contribution in [0.5, 0.6) is 11.5 Å². The number of aliphatic imine (C=N–C) groups is 1. The molecule has 3 rings (SSSR count). The first-order valence-electron chi connectivity index (χ1n) is 8.49. The third-order valence-electron chi connectivity index (χ3n) is 4.11. The molecule has 7 heteroatoms. The number of benzene rings is 2. The fourth-order valence-corrected chi connectivity index (χ4v) is 2.85. The molecule has 1 N–H and O–H groups in total. The first-order valence-corrected chi connectivity index (χ1v) is 8.49. The van der Waals surface area contributed by atoms with E-state index in [0.717, 1.165) is 28.6 Å². The Bertz CT molecular complexity index is 848. The minimum atomic E-state index is 0. The standard InChI is InChI=1S/C20H22N4O2.HI/c1-22-20(23-13-16-5-3-4-15(10-16)12-21)24(2)14-17-6-7-18-19(11-17)26-9-8-25-18;/h3-7,10-11H,8-9,13-14H2,1-2H3,(H,22,23);1H. The molecule has 0 unspecified atom stereocenters. The van der Waals surface area contributed by atoms with Gasteiger partial charge in [0.25, 0.3) is 0 Å². The lowest BCUT2D eigenvalue weighted by Gasteiger charge is -2.24. The summed E-state index contributed by atoms with van der Waals surface area (Å²) >= 11 is 0. The lowest BCUT2D eigenvalue weighted by Crippen LogP contribution is -2.38. The van der Waals surface area contributed by atoms with Crippen LogP contribution in [0.3, 0.4) is 0 Å². The third kappa shape index (κ3) is 5.50. The number of nitrogens with zero attached hydrogens (tertiary/aromatic N) is 3. The quantitative estimate of drug-likeness (QED) is 0.416. The normalized spacial score (nSPS) is 12.6. The van der Waals surface area contributed by atoms with Crippen LogP contribution in [0, 0.1) is 11.3 Å². The lowest BCUT2D eigenvalue weighted by molar-refractivity contribution is 0.171. The van der Waals surface area contributed by atoms with E-state index in [2.05, 4.69) is 16.4 Å². The molecule has 6 nitrogen and oxygen atoms in total. The van der Waals surface area contributed by atoms with E-state index < -0.39 is 0 Å². The monoisotopic (exact) mass is 478 g/mol. The highest BCUT2D eigenvalue weighted by atomic mass is 127. The van der Waals surface area contributed by atoms with Gasteiger partial charge in [0.05, 0.1) is 11.6 Å². The second-order valence-corrected chi connectivity index (χ2v) is 6.05. The predicted molar refractivity (Wildman–Crippen MR) is 116 cm³/mol. The molecule has 1 aliphatic heterocycles. The van der Waals surface area contributed by atoms with Gasteiger partial charge in [0.2, 0.25) is 0 Å². The maximum atomic E-state index is 9.00. The Balaban J connectivity index is 0.00000261. The Morgan fingerprint density at radius 3 is 2.67 bits per heavy atom. The number of nitriles is 1. The zero-order chi connectivity index (χ0) is 18.4. The average molecular weight is 478 g/mol. The van der Waals surface area contributed by atoms with E-state index in [4.69, 9.17) is 14.7 Å². The fourth-order valence-electron chi connectivity index (χ4n) is 2.85. The summed E-state index contributed by atoms with van der Waals surface area (Å²) in [6.45, 7) is 2.47. The van der Waals surface area contributed by atoms with Crippen LogP contribution in [0.4, 0.5) is 0 Å². The lowest BCUT2D eigenvalue weighted by atomic mass is 10.1. The van der Waals surface area contributed by atoms with E-state index in [1.807, 2.05) is 48.3 Å². The molecule has 0 saturated carbocycles. The van der Waals surface area contributed by atoms with E-state index in [1.165, 1.54) is 0 Å². The van der Waals surface area contributed by atoms with Crippen LogP contribution in [0.2, 0.25) is 0 Å². The highest BCUT2D eigenvalue weighted by Gasteiger charge is 2.13. The zero-order valence-electron chi connectivity index (χ0n) is 15.4. The molecule has 0 spiro atoms. The van der Waals surface area contributed by atoms with E-state index in [0.29, 0.717) is 31.9 Å². The number of nitrogens with one attached hydrogen (secondary N) is 1. The van der Waals surface area contributed by atoms with Crippen LogP contribution in [0.15, 0.2) is 47.5 Å². The SMILES string of the molecule is CN=C(NCc1cccc(C#N)c1)N(C)Cc1ccc2c(c1)OCCO2.I. The number of rotatable bonds is 4. The second-order valence-electron chi connectivity index (χ2n) is 6.05. The third-order valence-corrected chi connectivity index (χ3v) is 4.11. The molecule has 0 saturated heterocycles. The van der Waals surface area contributed by atoms with Crippen molar-refractivity contribution in [3.8, 4) is 17.6 Å². The molecule has 0 amide bonds. The second kappa shape index (κ2) is 10.0. The fraction of sp³-hybridized carbons (Fsp3) is 0.300. The molecule has 0 fully saturated rings. The first kappa shape index (κ1) is 20.8. The van der Waals surface area contributed by atoms with Crippen LogP contribution in [0.25, 0.3) is 0 Å².